The molecule has 0 fully saturated rings. The van der Waals surface area contributed by atoms with Gasteiger partial charge >= 0.3 is 6.05 Å². The molecule has 0 bridgehead atoms. The molecule has 112 valence electrons. The number of ether oxygens (including phenoxy) is 1. The highest BCUT2D eigenvalue weighted by Crippen LogP contribution is 2.42. The van der Waals surface area contributed by atoms with Gasteiger partial charge in [-0.15, -0.1) is 0 Å². The van der Waals surface area contributed by atoms with E-state index in [1.807, 2.05) is 13.8 Å². The number of hydrogen-bond acceptors (Lipinski definition) is 3. The summed E-state index contributed by atoms with van der Waals surface area (Å²) in [5, 5.41) is 0. The zero-order valence-electron chi connectivity index (χ0n) is 11.6. The maximum absolute atomic E-state index is 14.0. The van der Waals surface area contributed by atoms with E-state index in [-0.39, 0.29) is 24.0 Å². The lowest BCUT2D eigenvalue weighted by Gasteiger charge is -2.42. The number of benzene rings is 1. The van der Waals surface area contributed by atoms with Crippen molar-refractivity contribution in [3.63, 3.8) is 0 Å². The smallest absolute Gasteiger partial charge is 0.354 e. The van der Waals surface area contributed by atoms with E-state index >= 15 is 0 Å². The van der Waals surface area contributed by atoms with Crippen LogP contribution in [0.2, 0.25) is 0 Å². The number of nitrogens with two attached hydrogens (primary N) is 1. The predicted molar refractivity (Wildman–Crippen MR) is 73.0 cm³/mol. The molecule has 0 unspecified atom stereocenters. The Hall–Kier alpha value is -1.59. The predicted octanol–water partition coefficient (Wildman–Crippen LogP) is 3.44. The van der Waals surface area contributed by atoms with Gasteiger partial charge < -0.3 is 15.4 Å². The molecule has 0 spiro atoms. The molecule has 0 aliphatic carbocycles. The molecule has 2 rings (SSSR count). The molecule has 2 N–H and O–H groups in total. The number of rotatable bonds is 4. The van der Waals surface area contributed by atoms with Crippen molar-refractivity contribution in [2.45, 2.75) is 32.4 Å². The van der Waals surface area contributed by atoms with Crippen LogP contribution in [0.25, 0.3) is 0 Å². The molecular weight excluding hydrogens is 269 g/mol. The summed E-state index contributed by atoms with van der Waals surface area (Å²) in [6.45, 7) is 2.24. The quantitative estimate of drug-likeness (QED) is 0.681. The molecule has 1 aliphatic rings. The van der Waals surface area contributed by atoms with Gasteiger partial charge in [-0.2, -0.15) is 8.78 Å². The second-order valence-electron chi connectivity index (χ2n) is 5.49. The monoisotopic (exact) mass is 288 g/mol. The van der Waals surface area contributed by atoms with Crippen molar-refractivity contribution < 1.29 is 17.9 Å². The number of nitrogen functional groups attached to an aromatic ring is 1. The van der Waals surface area contributed by atoms with Gasteiger partial charge in [0.25, 0.3) is 0 Å². The number of nitrogens with zero attached hydrogens (tertiary/aromatic N) is 1. The van der Waals surface area contributed by atoms with E-state index in [4.69, 9.17) is 10.5 Å². The molecule has 1 aromatic carbocycles. The highest BCUT2D eigenvalue weighted by molar-refractivity contribution is 5.66. The van der Waals surface area contributed by atoms with E-state index in [0.29, 0.717) is 12.1 Å². The summed E-state index contributed by atoms with van der Waals surface area (Å²) in [5.74, 6) is 0.481. The van der Waals surface area contributed by atoms with Crippen LogP contribution in [0.5, 0.6) is 5.75 Å². The first-order valence-corrected chi connectivity index (χ1v) is 6.60. The van der Waals surface area contributed by atoms with Gasteiger partial charge in [-0.05, 0) is 24.5 Å². The van der Waals surface area contributed by atoms with Crippen molar-refractivity contribution >= 4 is 11.4 Å². The van der Waals surface area contributed by atoms with E-state index in [0.717, 1.165) is 4.90 Å². The summed E-state index contributed by atoms with van der Waals surface area (Å²) in [4.78, 5) is 0.839. The third-order valence-corrected chi connectivity index (χ3v) is 3.30. The van der Waals surface area contributed by atoms with Crippen molar-refractivity contribution in [3.8, 4) is 5.75 Å². The Morgan fingerprint density at radius 2 is 2.15 bits per heavy atom. The fourth-order valence-corrected chi connectivity index (χ4v) is 2.53. The molecule has 3 nitrogen and oxygen atoms in total. The molecule has 0 amide bonds. The second kappa shape index (κ2) is 5.42. The van der Waals surface area contributed by atoms with Crippen molar-refractivity contribution in [2.24, 2.45) is 5.92 Å². The molecule has 0 radical (unpaired) electrons. The SMILES string of the molecule is CC(C)C[C@@H]1COc2cc(N)ccc2N1C(F)(F)CF. The number of alkyl halides is 3. The lowest BCUT2D eigenvalue weighted by atomic mass is 10.0. The number of anilines is 2. The Balaban J connectivity index is 2.43. The Kier molecular flexibility index (Phi) is 4.01. The van der Waals surface area contributed by atoms with E-state index in [9.17, 15) is 13.2 Å². The van der Waals surface area contributed by atoms with Crippen molar-refractivity contribution in [2.75, 3.05) is 23.9 Å². The third-order valence-electron chi connectivity index (χ3n) is 3.30. The standard InChI is InChI=1S/C14H19F3N2O/c1-9(2)5-11-7-20-13-6-10(18)3-4-12(13)19(11)14(16,17)8-15/h3-4,6,9,11H,5,7-8,18H2,1-2H3/t11-/m1/s1. The van der Waals surface area contributed by atoms with E-state index in [1.54, 1.807) is 0 Å². The Morgan fingerprint density at radius 3 is 2.75 bits per heavy atom. The molecule has 1 aliphatic heterocycles. The van der Waals surface area contributed by atoms with Crippen LogP contribution in [-0.2, 0) is 0 Å². The molecule has 0 saturated heterocycles. The van der Waals surface area contributed by atoms with Gasteiger partial charge in [0.2, 0.25) is 0 Å². The Morgan fingerprint density at radius 1 is 1.45 bits per heavy atom. The first-order chi connectivity index (χ1) is 9.35. The maximum Gasteiger partial charge on any atom is 0.354 e. The van der Waals surface area contributed by atoms with E-state index < -0.39 is 18.8 Å². The van der Waals surface area contributed by atoms with Gasteiger partial charge in [0.15, 0.2) is 6.67 Å². The van der Waals surface area contributed by atoms with Gasteiger partial charge in [-0.3, -0.25) is 0 Å². The van der Waals surface area contributed by atoms with Crippen LogP contribution in [-0.4, -0.2) is 25.4 Å². The second-order valence-corrected chi connectivity index (χ2v) is 5.49. The summed E-state index contributed by atoms with van der Waals surface area (Å²) in [7, 11) is 0. The molecule has 1 heterocycles. The molecule has 0 aromatic heterocycles. The minimum atomic E-state index is -3.55. The van der Waals surface area contributed by atoms with Crippen LogP contribution >= 0.6 is 0 Å². The highest BCUT2D eigenvalue weighted by Gasteiger charge is 2.45. The van der Waals surface area contributed by atoms with Crippen molar-refractivity contribution in [3.05, 3.63) is 18.2 Å². The number of hydrogen-bond donors (Lipinski definition) is 1. The third kappa shape index (κ3) is 2.78. The number of halogens is 3. The van der Waals surface area contributed by atoms with Gasteiger partial charge in [-0.1, -0.05) is 13.8 Å². The van der Waals surface area contributed by atoms with Crippen LogP contribution in [0, 0.1) is 5.92 Å². The van der Waals surface area contributed by atoms with Gasteiger partial charge in [0.05, 0.1) is 11.7 Å². The zero-order valence-corrected chi connectivity index (χ0v) is 11.6. The molecule has 20 heavy (non-hydrogen) atoms. The molecule has 1 atom stereocenters. The summed E-state index contributed by atoms with van der Waals surface area (Å²) < 4.78 is 46.3. The van der Waals surface area contributed by atoms with Crippen LogP contribution in [0.1, 0.15) is 20.3 Å². The van der Waals surface area contributed by atoms with E-state index in [1.165, 1.54) is 18.2 Å². The fraction of sp³-hybridized carbons (Fsp3) is 0.571. The first kappa shape index (κ1) is 14.8. The molecule has 6 heteroatoms. The van der Waals surface area contributed by atoms with Gasteiger partial charge in [0.1, 0.15) is 12.4 Å². The largest absolute Gasteiger partial charge is 0.489 e. The van der Waals surface area contributed by atoms with Crippen LogP contribution < -0.4 is 15.4 Å². The topological polar surface area (TPSA) is 38.5 Å². The highest BCUT2D eigenvalue weighted by atomic mass is 19.3. The van der Waals surface area contributed by atoms with Gasteiger partial charge in [0, 0.05) is 11.8 Å². The first-order valence-electron chi connectivity index (χ1n) is 6.60. The lowest BCUT2D eigenvalue weighted by molar-refractivity contribution is -0.0404. The minimum Gasteiger partial charge on any atom is -0.489 e. The Labute approximate surface area is 116 Å². The summed E-state index contributed by atoms with van der Waals surface area (Å²) >= 11 is 0. The van der Waals surface area contributed by atoms with Crippen LogP contribution in [0.4, 0.5) is 24.5 Å². The normalized spacial score (nSPS) is 18.9. The zero-order chi connectivity index (χ0) is 14.9. The summed E-state index contributed by atoms with van der Waals surface area (Å²) in [6.07, 6.45) is 0.499. The lowest BCUT2D eigenvalue weighted by Crippen LogP contribution is -2.54. The fourth-order valence-electron chi connectivity index (χ4n) is 2.53. The Bertz CT molecular complexity index is 479. The number of fused-ring (bicyclic) bond motifs is 1. The molecular formula is C14H19F3N2O. The average Bonchev–Trinajstić information content (AvgIpc) is 2.37. The maximum atomic E-state index is 14.0. The average molecular weight is 288 g/mol. The summed E-state index contributed by atoms with van der Waals surface area (Å²) in [5.41, 5.74) is 6.24. The van der Waals surface area contributed by atoms with Crippen LogP contribution in [0.15, 0.2) is 18.2 Å². The summed E-state index contributed by atoms with van der Waals surface area (Å²) in [6, 6.07) is 0.357. The molecule has 1 aromatic rings. The van der Waals surface area contributed by atoms with Crippen LogP contribution in [0.3, 0.4) is 0 Å². The van der Waals surface area contributed by atoms with E-state index in [2.05, 4.69) is 0 Å². The van der Waals surface area contributed by atoms with Crippen molar-refractivity contribution in [1.82, 2.24) is 0 Å². The van der Waals surface area contributed by atoms with Gasteiger partial charge in [-0.25, -0.2) is 4.39 Å². The molecule has 0 saturated carbocycles. The minimum absolute atomic E-state index is 0.101. The van der Waals surface area contributed by atoms with Crippen molar-refractivity contribution in [1.29, 1.82) is 0 Å².